The Labute approximate surface area is 131 Å². The molecule has 2 atom stereocenters. The highest BCUT2D eigenvalue weighted by Gasteiger charge is 2.40. The molecule has 1 aliphatic rings. The molecule has 1 aromatic heterocycles. The molecule has 4 nitrogen and oxygen atoms in total. The van der Waals surface area contributed by atoms with Gasteiger partial charge in [-0.05, 0) is 67.6 Å². The minimum Gasteiger partial charge on any atom is -0.598 e. The first-order chi connectivity index (χ1) is 9.27. The number of hydrogen-bond acceptors (Lipinski definition) is 4. The molecule has 0 unspecified atom stereocenters. The monoisotopic (exact) mass is 360 g/mol. The third-order valence-electron chi connectivity index (χ3n) is 3.47. The molecule has 20 heavy (non-hydrogen) atoms. The van der Waals surface area contributed by atoms with E-state index in [1.54, 1.807) is 0 Å². The Hall–Kier alpha value is -0.140. The fourth-order valence-electron chi connectivity index (χ4n) is 2.19. The number of nitrogens with one attached hydrogen (secondary N) is 1. The molecule has 0 saturated heterocycles. The van der Waals surface area contributed by atoms with E-state index in [4.69, 9.17) is 0 Å². The van der Waals surface area contributed by atoms with Gasteiger partial charge in [0.2, 0.25) is 0 Å². The van der Waals surface area contributed by atoms with Crippen molar-refractivity contribution in [3.05, 3.63) is 28.5 Å². The molecule has 1 saturated carbocycles. The molecular formula is C14H21BrN2O2S. The standard InChI is InChI=1S/C14H21BrN2O2S/c1-14(2,3)20(19)17-13(9-7-10(18)8-9)11-5-4-6-12(15)16-11/h4-6,9-10,13,17-18H,7-8H2,1-3H3/t9-,10+,13-,20+/m0/s1. The smallest absolute Gasteiger partial charge is 0.136 e. The summed E-state index contributed by atoms with van der Waals surface area (Å²) in [5.41, 5.74) is 0.869. The van der Waals surface area contributed by atoms with Crippen molar-refractivity contribution >= 4 is 27.3 Å². The number of aliphatic hydroxyl groups excluding tert-OH is 1. The van der Waals surface area contributed by atoms with Gasteiger partial charge in [-0.3, -0.25) is 0 Å². The Morgan fingerprint density at radius 1 is 1.45 bits per heavy atom. The number of hydrogen-bond donors (Lipinski definition) is 2. The summed E-state index contributed by atoms with van der Waals surface area (Å²) in [6.07, 6.45) is 1.22. The fourth-order valence-corrected chi connectivity index (χ4v) is 3.44. The second-order valence-electron chi connectivity index (χ2n) is 6.25. The van der Waals surface area contributed by atoms with E-state index < -0.39 is 11.4 Å². The molecule has 2 rings (SSSR count). The molecule has 1 fully saturated rings. The lowest BCUT2D eigenvalue weighted by Gasteiger charge is -2.38. The van der Waals surface area contributed by atoms with Crippen LogP contribution in [0.2, 0.25) is 0 Å². The minimum absolute atomic E-state index is 0.0871. The maximum atomic E-state index is 12.4. The van der Waals surface area contributed by atoms with Crippen molar-refractivity contribution in [1.29, 1.82) is 0 Å². The molecule has 0 aliphatic heterocycles. The average Bonchev–Trinajstić information content (AvgIpc) is 2.31. The van der Waals surface area contributed by atoms with Gasteiger partial charge in [0.05, 0.1) is 17.8 Å². The Balaban J connectivity index is 2.17. The van der Waals surface area contributed by atoms with Crippen molar-refractivity contribution in [2.75, 3.05) is 0 Å². The molecule has 0 amide bonds. The topological polar surface area (TPSA) is 68.2 Å². The second-order valence-corrected chi connectivity index (χ2v) is 9.06. The number of aromatic nitrogens is 1. The van der Waals surface area contributed by atoms with Gasteiger partial charge in [-0.1, -0.05) is 6.07 Å². The van der Waals surface area contributed by atoms with Crippen LogP contribution < -0.4 is 4.72 Å². The van der Waals surface area contributed by atoms with Crippen LogP contribution in [0.3, 0.4) is 0 Å². The van der Waals surface area contributed by atoms with E-state index in [1.165, 1.54) is 0 Å². The molecular weight excluding hydrogens is 340 g/mol. The predicted octanol–water partition coefficient (Wildman–Crippen LogP) is 2.71. The Kier molecular flexibility index (Phi) is 5.13. The molecule has 1 heterocycles. The van der Waals surface area contributed by atoms with E-state index in [9.17, 15) is 9.66 Å². The summed E-state index contributed by atoms with van der Waals surface area (Å²) < 4.78 is 16.0. The van der Waals surface area contributed by atoms with E-state index >= 15 is 0 Å². The van der Waals surface area contributed by atoms with E-state index in [2.05, 4.69) is 25.6 Å². The molecule has 6 heteroatoms. The van der Waals surface area contributed by atoms with Crippen LogP contribution in [-0.2, 0) is 11.4 Å². The normalized spacial score (nSPS) is 25.9. The minimum atomic E-state index is -1.16. The fraction of sp³-hybridized carbons (Fsp3) is 0.643. The first-order valence-electron chi connectivity index (χ1n) is 6.76. The maximum Gasteiger partial charge on any atom is 0.136 e. The van der Waals surface area contributed by atoms with Crippen LogP contribution in [0.5, 0.6) is 0 Å². The summed E-state index contributed by atoms with van der Waals surface area (Å²) in [7, 11) is 0. The largest absolute Gasteiger partial charge is 0.598 e. The summed E-state index contributed by atoms with van der Waals surface area (Å²) in [5, 5.41) is 9.53. The van der Waals surface area contributed by atoms with Gasteiger partial charge >= 0.3 is 0 Å². The second kappa shape index (κ2) is 6.32. The lowest BCUT2D eigenvalue weighted by molar-refractivity contribution is 0.0272. The lowest BCUT2D eigenvalue weighted by atomic mass is 9.76. The SMILES string of the molecule is CC(C)(C)[S@@+]([O-])N[C@H](c1cccc(Br)n1)[C@H]1C[C@@H](O)C1. The average molecular weight is 361 g/mol. The zero-order valence-electron chi connectivity index (χ0n) is 12.0. The molecule has 1 aliphatic carbocycles. The number of aliphatic hydroxyl groups is 1. The summed E-state index contributed by atoms with van der Waals surface area (Å²) in [6, 6.07) is 5.65. The molecule has 1 aromatic rings. The predicted molar refractivity (Wildman–Crippen MR) is 84.4 cm³/mol. The quantitative estimate of drug-likeness (QED) is 0.639. The highest BCUT2D eigenvalue weighted by molar-refractivity contribution is 9.10. The molecule has 2 N–H and O–H groups in total. The Morgan fingerprint density at radius 2 is 2.10 bits per heavy atom. The molecule has 112 valence electrons. The van der Waals surface area contributed by atoms with Crippen LogP contribution in [0.15, 0.2) is 22.8 Å². The molecule has 0 radical (unpaired) electrons. The first kappa shape index (κ1) is 16.2. The summed E-state index contributed by atoms with van der Waals surface area (Å²) in [4.78, 5) is 4.47. The van der Waals surface area contributed by atoms with Crippen molar-refractivity contribution in [2.45, 2.75) is 50.5 Å². The number of nitrogens with zero attached hydrogens (tertiary/aromatic N) is 1. The summed E-state index contributed by atoms with van der Waals surface area (Å²) in [6.45, 7) is 5.82. The van der Waals surface area contributed by atoms with Gasteiger partial charge in [0, 0.05) is 11.4 Å². The van der Waals surface area contributed by atoms with E-state index in [0.29, 0.717) is 0 Å². The molecule has 0 bridgehead atoms. The van der Waals surface area contributed by atoms with E-state index in [1.807, 2.05) is 39.0 Å². The van der Waals surface area contributed by atoms with Crippen molar-refractivity contribution in [2.24, 2.45) is 5.92 Å². The van der Waals surface area contributed by atoms with Gasteiger partial charge in [-0.2, -0.15) is 0 Å². The highest BCUT2D eigenvalue weighted by atomic mass is 79.9. The third kappa shape index (κ3) is 3.95. The van der Waals surface area contributed by atoms with Crippen LogP contribution in [-0.4, -0.2) is 25.5 Å². The van der Waals surface area contributed by atoms with Gasteiger partial charge < -0.3 is 9.66 Å². The van der Waals surface area contributed by atoms with Gasteiger partial charge in [0.1, 0.15) is 9.35 Å². The third-order valence-corrected chi connectivity index (χ3v) is 5.49. The number of pyridine rings is 1. The highest BCUT2D eigenvalue weighted by Crippen LogP contribution is 2.38. The van der Waals surface area contributed by atoms with Gasteiger partial charge in [0.25, 0.3) is 0 Å². The van der Waals surface area contributed by atoms with Crippen LogP contribution in [0.25, 0.3) is 0 Å². The van der Waals surface area contributed by atoms with Gasteiger partial charge in [0.15, 0.2) is 0 Å². The van der Waals surface area contributed by atoms with Gasteiger partial charge in [-0.25, -0.2) is 4.98 Å². The number of halogens is 1. The van der Waals surface area contributed by atoms with E-state index in [-0.39, 0.29) is 22.8 Å². The van der Waals surface area contributed by atoms with Crippen LogP contribution in [0.1, 0.15) is 45.3 Å². The zero-order valence-corrected chi connectivity index (χ0v) is 14.4. The van der Waals surface area contributed by atoms with Crippen molar-refractivity contribution in [3.8, 4) is 0 Å². The van der Waals surface area contributed by atoms with Crippen molar-refractivity contribution in [3.63, 3.8) is 0 Å². The Bertz CT molecular complexity index is 461. The maximum absolute atomic E-state index is 12.4. The molecule has 0 aromatic carbocycles. The van der Waals surface area contributed by atoms with Crippen molar-refractivity contribution in [1.82, 2.24) is 9.71 Å². The number of rotatable bonds is 4. The van der Waals surface area contributed by atoms with Crippen LogP contribution in [0.4, 0.5) is 0 Å². The lowest BCUT2D eigenvalue weighted by Crippen LogP contribution is -2.46. The van der Waals surface area contributed by atoms with Gasteiger partial charge in [-0.15, -0.1) is 4.72 Å². The Morgan fingerprint density at radius 3 is 2.60 bits per heavy atom. The zero-order chi connectivity index (χ0) is 14.9. The molecule has 0 spiro atoms. The van der Waals surface area contributed by atoms with Crippen LogP contribution in [0, 0.1) is 5.92 Å². The summed E-state index contributed by atoms with van der Waals surface area (Å²) in [5.74, 6) is 0.276. The summed E-state index contributed by atoms with van der Waals surface area (Å²) >= 11 is 2.21. The first-order valence-corrected chi connectivity index (χ1v) is 8.70. The van der Waals surface area contributed by atoms with Crippen LogP contribution >= 0.6 is 15.9 Å². The van der Waals surface area contributed by atoms with Crippen molar-refractivity contribution < 1.29 is 9.66 Å². The van der Waals surface area contributed by atoms with E-state index in [0.717, 1.165) is 23.1 Å².